The Kier molecular flexibility index (Phi) is 4.29. The summed E-state index contributed by atoms with van der Waals surface area (Å²) in [6, 6.07) is -0.367. The largest absolute Gasteiger partial charge is 0.308 e. The molecule has 0 aromatic carbocycles. The van der Waals surface area contributed by atoms with Crippen LogP contribution in [-0.2, 0) is 0 Å². The van der Waals surface area contributed by atoms with E-state index in [4.69, 9.17) is 0 Å². The molecule has 4 heteroatoms. The van der Waals surface area contributed by atoms with Gasteiger partial charge in [0.1, 0.15) is 0 Å². The van der Waals surface area contributed by atoms with Crippen molar-refractivity contribution in [2.24, 2.45) is 5.92 Å². The van der Waals surface area contributed by atoms with Crippen LogP contribution in [0.2, 0.25) is 0 Å². The molecule has 1 saturated heterocycles. The van der Waals surface area contributed by atoms with Crippen LogP contribution in [0.25, 0.3) is 0 Å². The van der Waals surface area contributed by atoms with Crippen molar-refractivity contribution < 1.29 is 8.78 Å². The van der Waals surface area contributed by atoms with E-state index < -0.39 is 12.0 Å². The van der Waals surface area contributed by atoms with E-state index in [1.165, 1.54) is 0 Å². The molecule has 0 radical (unpaired) electrons. The first-order valence-corrected chi connectivity index (χ1v) is 6.00. The van der Waals surface area contributed by atoms with E-state index in [-0.39, 0.29) is 18.4 Å². The highest BCUT2D eigenvalue weighted by atomic mass is 19.3. The Bertz CT molecular complexity index is 229. The van der Waals surface area contributed by atoms with Crippen LogP contribution in [0, 0.1) is 5.92 Å². The molecular weight excluding hydrogens is 210 g/mol. The molecule has 2 unspecified atom stereocenters. The number of likely N-dealkylation sites (tertiary alicyclic amines) is 1. The third kappa shape index (κ3) is 2.92. The molecule has 0 aliphatic carbocycles. The Morgan fingerprint density at radius 3 is 2.38 bits per heavy atom. The highest BCUT2D eigenvalue weighted by Gasteiger charge is 2.48. The molecule has 16 heavy (non-hydrogen) atoms. The maximum absolute atomic E-state index is 13.8. The van der Waals surface area contributed by atoms with Crippen LogP contribution in [0.3, 0.4) is 0 Å². The van der Waals surface area contributed by atoms with Gasteiger partial charge in [-0.3, -0.25) is 4.90 Å². The van der Waals surface area contributed by atoms with Crippen molar-refractivity contribution in [3.8, 4) is 0 Å². The summed E-state index contributed by atoms with van der Waals surface area (Å²) in [5.74, 6) is -2.55. The van der Waals surface area contributed by atoms with E-state index in [0.29, 0.717) is 6.42 Å². The van der Waals surface area contributed by atoms with Crippen LogP contribution in [-0.4, -0.2) is 55.5 Å². The third-order valence-electron chi connectivity index (χ3n) is 3.47. The number of piperidine rings is 1. The van der Waals surface area contributed by atoms with E-state index in [0.717, 1.165) is 6.54 Å². The molecule has 0 aromatic heterocycles. The quantitative estimate of drug-likeness (QED) is 0.739. The lowest BCUT2D eigenvalue weighted by molar-refractivity contribution is -0.139. The van der Waals surface area contributed by atoms with Crippen molar-refractivity contribution in [3.05, 3.63) is 0 Å². The highest BCUT2D eigenvalue weighted by molar-refractivity contribution is 4.95. The van der Waals surface area contributed by atoms with Gasteiger partial charge in [-0.15, -0.1) is 0 Å². The molecule has 1 fully saturated rings. The fraction of sp³-hybridized carbons (Fsp3) is 1.00. The zero-order chi connectivity index (χ0) is 12.5. The molecule has 0 saturated carbocycles. The van der Waals surface area contributed by atoms with Gasteiger partial charge in [0.2, 0.25) is 0 Å². The van der Waals surface area contributed by atoms with Crippen LogP contribution >= 0.6 is 0 Å². The van der Waals surface area contributed by atoms with Crippen molar-refractivity contribution in [1.29, 1.82) is 0 Å². The van der Waals surface area contributed by atoms with Crippen LogP contribution in [0.1, 0.15) is 26.7 Å². The summed E-state index contributed by atoms with van der Waals surface area (Å²) in [5, 5.41) is 0. The van der Waals surface area contributed by atoms with Crippen LogP contribution in [0.4, 0.5) is 8.78 Å². The van der Waals surface area contributed by atoms with Crippen molar-refractivity contribution >= 4 is 0 Å². The van der Waals surface area contributed by atoms with Gasteiger partial charge in [-0.2, -0.15) is 0 Å². The lowest BCUT2D eigenvalue weighted by atomic mass is 9.86. The van der Waals surface area contributed by atoms with Crippen LogP contribution < -0.4 is 0 Å². The minimum absolute atomic E-state index is 0.00929. The molecule has 1 aliphatic heterocycles. The van der Waals surface area contributed by atoms with Gasteiger partial charge >= 0.3 is 0 Å². The van der Waals surface area contributed by atoms with Gasteiger partial charge in [0, 0.05) is 19.0 Å². The number of hydrogen-bond donors (Lipinski definition) is 0. The number of halogens is 2. The third-order valence-corrected chi connectivity index (χ3v) is 3.47. The second-order valence-corrected chi connectivity index (χ2v) is 5.57. The minimum Gasteiger partial charge on any atom is -0.308 e. The van der Waals surface area contributed by atoms with Crippen molar-refractivity contribution in [2.75, 3.05) is 27.7 Å². The van der Waals surface area contributed by atoms with Gasteiger partial charge in [0.05, 0.1) is 6.04 Å². The second kappa shape index (κ2) is 4.96. The number of alkyl halides is 2. The first-order valence-electron chi connectivity index (χ1n) is 6.00. The van der Waals surface area contributed by atoms with Crippen LogP contribution in [0.5, 0.6) is 0 Å². The summed E-state index contributed by atoms with van der Waals surface area (Å²) in [6.45, 7) is 4.62. The maximum Gasteiger partial charge on any atom is 0.263 e. The van der Waals surface area contributed by atoms with Crippen molar-refractivity contribution in [2.45, 2.75) is 44.7 Å². The molecule has 0 bridgehead atoms. The number of rotatable bonds is 3. The van der Waals surface area contributed by atoms with E-state index >= 15 is 0 Å². The second-order valence-electron chi connectivity index (χ2n) is 5.57. The predicted octanol–water partition coefficient (Wildman–Crippen LogP) is 2.30. The standard InChI is InChI=1S/C12H24F2N2/c1-9(2)11-12(13,14)7-6-10(16(11)5)8-15(3)4/h9-11H,6-8H2,1-5H3. The average molecular weight is 234 g/mol. The lowest BCUT2D eigenvalue weighted by Crippen LogP contribution is -2.59. The van der Waals surface area contributed by atoms with E-state index in [9.17, 15) is 8.78 Å². The fourth-order valence-electron chi connectivity index (χ4n) is 2.84. The van der Waals surface area contributed by atoms with E-state index in [1.807, 2.05) is 39.9 Å². The molecule has 2 atom stereocenters. The molecule has 1 aliphatic rings. The zero-order valence-electron chi connectivity index (χ0n) is 11.0. The van der Waals surface area contributed by atoms with Gasteiger partial charge in [0.25, 0.3) is 5.92 Å². The summed E-state index contributed by atoms with van der Waals surface area (Å²) in [7, 11) is 5.82. The van der Waals surface area contributed by atoms with Gasteiger partial charge in [-0.05, 0) is 33.5 Å². The molecule has 1 rings (SSSR count). The molecular formula is C12H24F2N2. The summed E-state index contributed by atoms with van der Waals surface area (Å²) in [6.07, 6.45) is 0.615. The summed E-state index contributed by atoms with van der Waals surface area (Å²) >= 11 is 0. The first-order chi connectivity index (χ1) is 7.25. The Morgan fingerprint density at radius 1 is 1.38 bits per heavy atom. The number of likely N-dealkylation sites (N-methyl/N-ethyl adjacent to an activating group) is 2. The molecule has 96 valence electrons. The highest BCUT2D eigenvalue weighted by Crippen LogP contribution is 2.38. The zero-order valence-corrected chi connectivity index (χ0v) is 11.0. The Labute approximate surface area is 97.6 Å². The topological polar surface area (TPSA) is 6.48 Å². The summed E-state index contributed by atoms with van der Waals surface area (Å²) < 4.78 is 27.7. The van der Waals surface area contributed by atoms with Crippen molar-refractivity contribution in [3.63, 3.8) is 0 Å². The Hall–Kier alpha value is -0.220. The van der Waals surface area contributed by atoms with Gasteiger partial charge in [-0.1, -0.05) is 13.8 Å². The van der Waals surface area contributed by atoms with Crippen molar-refractivity contribution in [1.82, 2.24) is 9.80 Å². The fourth-order valence-corrected chi connectivity index (χ4v) is 2.84. The van der Waals surface area contributed by atoms with E-state index in [2.05, 4.69) is 4.90 Å². The van der Waals surface area contributed by atoms with Gasteiger partial charge in [0.15, 0.2) is 0 Å². The Balaban J connectivity index is 2.77. The van der Waals surface area contributed by atoms with E-state index in [1.54, 1.807) is 0 Å². The van der Waals surface area contributed by atoms with Gasteiger partial charge < -0.3 is 4.90 Å². The summed E-state index contributed by atoms with van der Waals surface area (Å²) in [5.41, 5.74) is 0. The molecule has 0 aromatic rings. The normalized spacial score (nSPS) is 31.3. The Morgan fingerprint density at radius 2 is 1.94 bits per heavy atom. The maximum atomic E-state index is 13.8. The average Bonchev–Trinajstić information content (AvgIpc) is 2.08. The molecule has 0 amide bonds. The van der Waals surface area contributed by atoms with Gasteiger partial charge in [-0.25, -0.2) is 8.78 Å². The monoisotopic (exact) mass is 234 g/mol. The number of nitrogens with zero attached hydrogens (tertiary/aromatic N) is 2. The SMILES string of the molecule is CC(C)C1N(C)C(CN(C)C)CCC1(F)F. The number of hydrogen-bond acceptors (Lipinski definition) is 2. The lowest BCUT2D eigenvalue weighted by Gasteiger charge is -2.46. The minimum atomic E-state index is -2.54. The molecule has 1 heterocycles. The molecule has 0 spiro atoms. The first kappa shape index (κ1) is 13.8. The van der Waals surface area contributed by atoms with Crippen LogP contribution in [0.15, 0.2) is 0 Å². The molecule has 0 N–H and O–H groups in total. The molecule has 2 nitrogen and oxygen atoms in total. The predicted molar refractivity (Wildman–Crippen MR) is 62.9 cm³/mol. The smallest absolute Gasteiger partial charge is 0.263 e. The summed E-state index contributed by atoms with van der Waals surface area (Å²) in [4.78, 5) is 3.95.